The molecule has 2 aromatic carbocycles. The number of rotatable bonds is 7. The first-order valence-corrected chi connectivity index (χ1v) is 10.7. The molecule has 0 N–H and O–H groups in total. The van der Waals surface area contributed by atoms with Gasteiger partial charge in [0.2, 0.25) is 5.91 Å². The van der Waals surface area contributed by atoms with E-state index in [4.69, 9.17) is 9.72 Å². The summed E-state index contributed by atoms with van der Waals surface area (Å²) in [6.45, 7) is 6.17. The molecule has 1 atom stereocenters. The predicted octanol–water partition coefficient (Wildman–Crippen LogP) is 4.75. The zero-order chi connectivity index (χ0) is 20.2. The number of ether oxygens (including phenoxy) is 1. The Labute approximate surface area is 172 Å². The summed E-state index contributed by atoms with van der Waals surface area (Å²) in [4.78, 5) is 19.4. The molecule has 1 aromatic heterocycles. The Kier molecular flexibility index (Phi) is 5.84. The summed E-state index contributed by atoms with van der Waals surface area (Å²) < 4.78 is 8.25. The van der Waals surface area contributed by atoms with Gasteiger partial charge in [-0.15, -0.1) is 0 Å². The molecule has 1 unspecified atom stereocenters. The maximum absolute atomic E-state index is 12.4. The normalized spacial score (nSPS) is 16.5. The lowest BCUT2D eigenvalue weighted by atomic mass is 10.2. The highest BCUT2D eigenvalue weighted by molar-refractivity contribution is 5.78. The molecule has 1 amide bonds. The second-order valence-electron chi connectivity index (χ2n) is 7.56. The first kappa shape index (κ1) is 19.5. The zero-order valence-electron chi connectivity index (χ0n) is 17.3. The van der Waals surface area contributed by atoms with E-state index in [1.807, 2.05) is 42.2 Å². The summed E-state index contributed by atoms with van der Waals surface area (Å²) in [5.41, 5.74) is 3.39. The molecule has 0 aliphatic carbocycles. The largest absolute Gasteiger partial charge is 0.492 e. The van der Waals surface area contributed by atoms with E-state index in [0.717, 1.165) is 48.4 Å². The first-order valence-electron chi connectivity index (χ1n) is 10.7. The van der Waals surface area contributed by atoms with Gasteiger partial charge in [0.1, 0.15) is 18.2 Å². The van der Waals surface area contributed by atoms with Crippen LogP contribution in [0, 0.1) is 0 Å². The molecule has 0 spiro atoms. The minimum atomic E-state index is 0.0543. The van der Waals surface area contributed by atoms with Gasteiger partial charge in [-0.1, -0.05) is 38.1 Å². The van der Waals surface area contributed by atoms with Crippen LogP contribution < -0.4 is 4.74 Å². The Morgan fingerprint density at radius 1 is 1.14 bits per heavy atom. The van der Waals surface area contributed by atoms with Gasteiger partial charge in [0, 0.05) is 13.0 Å². The molecule has 1 fully saturated rings. The van der Waals surface area contributed by atoms with Crippen molar-refractivity contribution in [1.29, 1.82) is 0 Å². The van der Waals surface area contributed by atoms with Crippen molar-refractivity contribution in [2.45, 2.75) is 52.1 Å². The highest BCUT2D eigenvalue weighted by Crippen LogP contribution is 2.33. The van der Waals surface area contributed by atoms with Crippen LogP contribution in [-0.4, -0.2) is 33.5 Å². The van der Waals surface area contributed by atoms with E-state index < -0.39 is 0 Å². The van der Waals surface area contributed by atoms with E-state index in [-0.39, 0.29) is 11.9 Å². The number of amides is 1. The predicted molar refractivity (Wildman–Crippen MR) is 115 cm³/mol. The van der Waals surface area contributed by atoms with Gasteiger partial charge in [-0.25, -0.2) is 4.98 Å². The molecule has 5 heteroatoms. The van der Waals surface area contributed by atoms with Gasteiger partial charge < -0.3 is 14.2 Å². The third kappa shape index (κ3) is 4.00. The Morgan fingerprint density at radius 3 is 2.69 bits per heavy atom. The number of nitrogens with zero attached hydrogens (tertiary/aromatic N) is 3. The van der Waals surface area contributed by atoms with Crippen LogP contribution in [0.1, 0.15) is 50.5 Å². The maximum atomic E-state index is 12.4. The standard InChI is InChI=1S/C24H29N3O2/c1-3-18-11-13-19(14-12-18)29-17-16-27-21-9-6-5-8-20(21)25-24(27)22-10-7-15-26(22)23(28)4-2/h5-6,8-9,11-14,22H,3-4,7,10,15-17H2,1-2H3. The van der Waals surface area contributed by atoms with Crippen molar-refractivity contribution in [3.63, 3.8) is 0 Å². The first-order chi connectivity index (χ1) is 14.2. The van der Waals surface area contributed by atoms with Crippen LogP contribution >= 0.6 is 0 Å². The van der Waals surface area contributed by atoms with E-state index in [1.165, 1.54) is 5.56 Å². The molecule has 0 bridgehead atoms. The molecule has 152 valence electrons. The second-order valence-corrected chi connectivity index (χ2v) is 7.56. The summed E-state index contributed by atoms with van der Waals surface area (Å²) in [7, 11) is 0. The van der Waals surface area contributed by atoms with Crippen molar-refractivity contribution >= 4 is 16.9 Å². The Balaban J connectivity index is 1.57. The monoisotopic (exact) mass is 391 g/mol. The van der Waals surface area contributed by atoms with Gasteiger partial charge in [0.15, 0.2) is 0 Å². The van der Waals surface area contributed by atoms with E-state index in [1.54, 1.807) is 0 Å². The molecule has 1 aliphatic rings. The molecule has 0 radical (unpaired) electrons. The number of para-hydroxylation sites is 2. The number of imidazole rings is 1. The summed E-state index contributed by atoms with van der Waals surface area (Å²) in [6, 6.07) is 16.5. The van der Waals surface area contributed by atoms with Gasteiger partial charge in [0.05, 0.1) is 23.6 Å². The number of likely N-dealkylation sites (tertiary alicyclic amines) is 1. The van der Waals surface area contributed by atoms with Gasteiger partial charge in [-0.05, 0) is 49.1 Å². The number of hydrogen-bond acceptors (Lipinski definition) is 3. The minimum Gasteiger partial charge on any atom is -0.492 e. The number of carbonyl (C=O) groups excluding carboxylic acids is 1. The lowest BCUT2D eigenvalue weighted by Crippen LogP contribution is -2.31. The van der Waals surface area contributed by atoms with Crippen LogP contribution in [-0.2, 0) is 17.8 Å². The van der Waals surface area contributed by atoms with E-state index in [0.29, 0.717) is 19.6 Å². The maximum Gasteiger partial charge on any atom is 0.222 e. The van der Waals surface area contributed by atoms with Crippen LogP contribution in [0.2, 0.25) is 0 Å². The molecule has 29 heavy (non-hydrogen) atoms. The molecular weight excluding hydrogens is 362 g/mol. The average molecular weight is 392 g/mol. The molecular formula is C24H29N3O2. The minimum absolute atomic E-state index is 0.0543. The molecule has 0 saturated carbocycles. The van der Waals surface area contributed by atoms with Gasteiger partial charge in [-0.2, -0.15) is 0 Å². The average Bonchev–Trinajstić information content (AvgIpc) is 3.38. The van der Waals surface area contributed by atoms with Crippen LogP contribution in [0.4, 0.5) is 0 Å². The summed E-state index contributed by atoms with van der Waals surface area (Å²) in [6.07, 6.45) is 3.56. The van der Waals surface area contributed by atoms with Gasteiger partial charge in [0.25, 0.3) is 0 Å². The molecule has 3 aromatic rings. The van der Waals surface area contributed by atoms with Crippen molar-refractivity contribution < 1.29 is 9.53 Å². The number of carbonyl (C=O) groups is 1. The summed E-state index contributed by atoms with van der Waals surface area (Å²) in [5.74, 6) is 2.07. The molecule has 4 rings (SSSR count). The Bertz CT molecular complexity index is 977. The van der Waals surface area contributed by atoms with Crippen molar-refractivity contribution in [2.75, 3.05) is 13.2 Å². The van der Waals surface area contributed by atoms with Crippen molar-refractivity contribution in [3.05, 3.63) is 59.9 Å². The van der Waals surface area contributed by atoms with Crippen LogP contribution in [0.5, 0.6) is 5.75 Å². The molecule has 1 saturated heterocycles. The lowest BCUT2D eigenvalue weighted by molar-refractivity contribution is -0.131. The fraction of sp³-hybridized carbons (Fsp3) is 0.417. The second kappa shape index (κ2) is 8.68. The number of aryl methyl sites for hydroxylation is 1. The van der Waals surface area contributed by atoms with E-state index in [9.17, 15) is 4.79 Å². The molecule has 2 heterocycles. The number of hydrogen-bond donors (Lipinski definition) is 0. The highest BCUT2D eigenvalue weighted by atomic mass is 16.5. The summed E-state index contributed by atoms with van der Waals surface area (Å²) >= 11 is 0. The van der Waals surface area contributed by atoms with Crippen LogP contribution in [0.15, 0.2) is 48.5 Å². The van der Waals surface area contributed by atoms with E-state index >= 15 is 0 Å². The highest BCUT2D eigenvalue weighted by Gasteiger charge is 2.32. The molecule has 1 aliphatic heterocycles. The Hall–Kier alpha value is -2.82. The van der Waals surface area contributed by atoms with Crippen molar-refractivity contribution in [2.24, 2.45) is 0 Å². The third-order valence-electron chi connectivity index (χ3n) is 5.77. The van der Waals surface area contributed by atoms with Crippen LogP contribution in [0.3, 0.4) is 0 Å². The lowest BCUT2D eigenvalue weighted by Gasteiger charge is -2.25. The summed E-state index contributed by atoms with van der Waals surface area (Å²) in [5, 5.41) is 0. The Morgan fingerprint density at radius 2 is 1.93 bits per heavy atom. The third-order valence-corrected chi connectivity index (χ3v) is 5.77. The van der Waals surface area contributed by atoms with Gasteiger partial charge in [-0.3, -0.25) is 4.79 Å². The van der Waals surface area contributed by atoms with Crippen molar-refractivity contribution in [1.82, 2.24) is 14.5 Å². The quantitative estimate of drug-likeness (QED) is 0.584. The van der Waals surface area contributed by atoms with Crippen LogP contribution in [0.25, 0.3) is 11.0 Å². The van der Waals surface area contributed by atoms with Crippen molar-refractivity contribution in [3.8, 4) is 5.75 Å². The fourth-order valence-corrected chi connectivity index (χ4v) is 4.20. The smallest absolute Gasteiger partial charge is 0.222 e. The van der Waals surface area contributed by atoms with Gasteiger partial charge >= 0.3 is 0 Å². The topological polar surface area (TPSA) is 47.4 Å². The number of fused-ring (bicyclic) bond motifs is 1. The molecule has 5 nitrogen and oxygen atoms in total. The number of benzene rings is 2. The number of aromatic nitrogens is 2. The zero-order valence-corrected chi connectivity index (χ0v) is 17.3. The SMILES string of the molecule is CCC(=O)N1CCCC1c1nc2ccccc2n1CCOc1ccc(CC)cc1. The van der Waals surface area contributed by atoms with E-state index in [2.05, 4.69) is 29.7 Å². The fourth-order valence-electron chi connectivity index (χ4n) is 4.20.